The molecule has 0 saturated heterocycles. The van der Waals surface area contributed by atoms with Crippen LogP contribution in [0.3, 0.4) is 0 Å². The molecule has 2 aliphatic rings. The summed E-state index contributed by atoms with van der Waals surface area (Å²) in [7, 11) is 0. The van der Waals surface area contributed by atoms with Crippen molar-refractivity contribution in [3.8, 4) is 28.5 Å². The minimum Gasteiger partial charge on any atom is -0.482 e. The van der Waals surface area contributed by atoms with Gasteiger partial charge in [-0.15, -0.1) is 11.3 Å². The Morgan fingerprint density at radius 1 is 0.972 bits per heavy atom. The first-order valence-electron chi connectivity index (χ1n) is 10.7. The zero-order chi connectivity index (χ0) is 24.6. The number of fused-ring (bicyclic) bond motifs is 2. The zero-order valence-corrected chi connectivity index (χ0v) is 19.2. The van der Waals surface area contributed by atoms with Gasteiger partial charge in [-0.3, -0.25) is 4.79 Å². The molecular formula is C25H16F2N4O4S. The molecule has 0 aliphatic carbocycles. The van der Waals surface area contributed by atoms with Crippen molar-refractivity contribution in [2.75, 3.05) is 18.7 Å². The molecule has 0 saturated carbocycles. The highest BCUT2D eigenvalue weighted by Crippen LogP contribution is 2.34. The van der Waals surface area contributed by atoms with Gasteiger partial charge < -0.3 is 19.5 Å². The largest absolute Gasteiger partial charge is 0.482 e. The number of carbonyl (C=O) groups excluding carboxylic acids is 1. The van der Waals surface area contributed by atoms with Crippen molar-refractivity contribution in [2.24, 2.45) is 10.1 Å². The van der Waals surface area contributed by atoms with Crippen molar-refractivity contribution >= 4 is 34.8 Å². The van der Waals surface area contributed by atoms with Crippen molar-refractivity contribution < 1.29 is 27.8 Å². The summed E-state index contributed by atoms with van der Waals surface area (Å²) >= 11 is 1.23. The Balaban J connectivity index is 1.46. The highest BCUT2D eigenvalue weighted by Gasteiger charge is 2.18. The number of ether oxygens (including phenoxy) is 3. The summed E-state index contributed by atoms with van der Waals surface area (Å²) in [5.41, 5.74) is 2.61. The molecule has 4 aromatic rings. The van der Waals surface area contributed by atoms with Crippen LogP contribution in [0, 0.1) is 11.6 Å². The Kier molecular flexibility index (Phi) is 5.45. The summed E-state index contributed by atoms with van der Waals surface area (Å²) in [6.07, 6.45) is 1.61. The fourth-order valence-electron chi connectivity index (χ4n) is 3.72. The molecule has 1 amide bonds. The first-order chi connectivity index (χ1) is 17.5. The summed E-state index contributed by atoms with van der Waals surface area (Å²) in [6, 6.07) is 13.9. The molecule has 36 heavy (non-hydrogen) atoms. The van der Waals surface area contributed by atoms with E-state index in [0.29, 0.717) is 33.4 Å². The van der Waals surface area contributed by atoms with Crippen molar-refractivity contribution in [1.82, 2.24) is 4.68 Å². The summed E-state index contributed by atoms with van der Waals surface area (Å²) in [6.45, 7) is 0.112. The van der Waals surface area contributed by atoms with Crippen molar-refractivity contribution in [2.45, 2.75) is 0 Å². The predicted molar refractivity (Wildman–Crippen MR) is 129 cm³/mol. The molecular weight excluding hydrogens is 490 g/mol. The second-order valence-corrected chi connectivity index (χ2v) is 8.66. The number of anilines is 1. The van der Waals surface area contributed by atoms with E-state index in [9.17, 15) is 13.6 Å². The van der Waals surface area contributed by atoms with E-state index in [2.05, 4.69) is 15.4 Å². The second-order valence-electron chi connectivity index (χ2n) is 7.83. The first kappa shape index (κ1) is 22.0. The van der Waals surface area contributed by atoms with Crippen LogP contribution >= 0.6 is 11.3 Å². The maximum Gasteiger partial charge on any atom is 0.262 e. The van der Waals surface area contributed by atoms with Crippen LogP contribution in [-0.2, 0) is 4.79 Å². The van der Waals surface area contributed by atoms with E-state index < -0.39 is 11.6 Å². The van der Waals surface area contributed by atoms with Gasteiger partial charge in [0, 0.05) is 17.0 Å². The van der Waals surface area contributed by atoms with E-state index in [1.165, 1.54) is 17.4 Å². The van der Waals surface area contributed by atoms with Crippen LogP contribution in [-0.4, -0.2) is 30.2 Å². The minimum atomic E-state index is -0.787. The highest BCUT2D eigenvalue weighted by atomic mass is 32.1. The Labute approximate surface area is 206 Å². The lowest BCUT2D eigenvalue weighted by molar-refractivity contribution is -0.118. The first-order valence-corrected chi connectivity index (χ1v) is 11.6. The SMILES string of the molecule is O=C1COc2ccc(-c3csc(=Nc4ccc(F)cc4F)n3N=Cc3ccc4c(c3)OCO4)cc2N1. The number of thiazole rings is 1. The van der Waals surface area contributed by atoms with E-state index in [1.54, 1.807) is 35.2 Å². The minimum absolute atomic E-state index is 0.0251. The van der Waals surface area contributed by atoms with E-state index in [4.69, 9.17) is 14.2 Å². The molecule has 0 atom stereocenters. The van der Waals surface area contributed by atoms with E-state index in [0.717, 1.165) is 23.3 Å². The Bertz CT molecular complexity index is 1610. The number of amides is 1. The molecule has 0 bridgehead atoms. The van der Waals surface area contributed by atoms with Gasteiger partial charge in [0.05, 0.1) is 17.6 Å². The Hall–Kier alpha value is -4.51. The third kappa shape index (κ3) is 4.20. The normalized spacial score (nSPS) is 14.6. The van der Waals surface area contributed by atoms with Gasteiger partial charge in [0.25, 0.3) is 5.91 Å². The number of aromatic nitrogens is 1. The van der Waals surface area contributed by atoms with Crippen LogP contribution < -0.4 is 24.3 Å². The average Bonchev–Trinajstić information content (AvgIpc) is 3.50. The number of hydrogen-bond acceptors (Lipinski definition) is 7. The molecule has 6 rings (SSSR count). The van der Waals surface area contributed by atoms with Crippen LogP contribution in [0.4, 0.5) is 20.2 Å². The molecule has 11 heteroatoms. The van der Waals surface area contributed by atoms with Crippen molar-refractivity contribution in [3.63, 3.8) is 0 Å². The molecule has 0 spiro atoms. The third-order valence-electron chi connectivity index (χ3n) is 5.44. The van der Waals surface area contributed by atoms with Gasteiger partial charge in [-0.25, -0.2) is 18.4 Å². The fraction of sp³-hybridized carbons (Fsp3) is 0.0800. The number of halogens is 2. The number of nitrogens with one attached hydrogen (secondary N) is 1. The topological polar surface area (TPSA) is 86.4 Å². The van der Waals surface area contributed by atoms with Gasteiger partial charge >= 0.3 is 0 Å². The van der Waals surface area contributed by atoms with Crippen molar-refractivity contribution in [1.29, 1.82) is 0 Å². The van der Waals surface area contributed by atoms with Crippen LogP contribution in [0.5, 0.6) is 17.2 Å². The van der Waals surface area contributed by atoms with Gasteiger partial charge in [0.15, 0.2) is 23.9 Å². The van der Waals surface area contributed by atoms with Gasteiger partial charge in [0.1, 0.15) is 17.3 Å². The lowest BCUT2D eigenvalue weighted by Crippen LogP contribution is -2.25. The monoisotopic (exact) mass is 506 g/mol. The molecule has 0 fully saturated rings. The van der Waals surface area contributed by atoms with Crippen molar-refractivity contribution in [3.05, 3.63) is 82.0 Å². The number of hydrogen-bond donors (Lipinski definition) is 1. The molecule has 3 heterocycles. The van der Waals surface area contributed by atoms with E-state index >= 15 is 0 Å². The van der Waals surface area contributed by atoms with Crippen LogP contribution in [0.25, 0.3) is 11.3 Å². The summed E-state index contributed by atoms with van der Waals surface area (Å²) in [4.78, 5) is 16.5. The van der Waals surface area contributed by atoms with Gasteiger partial charge in [0.2, 0.25) is 11.6 Å². The van der Waals surface area contributed by atoms with Gasteiger partial charge in [-0.1, -0.05) is 0 Å². The highest BCUT2D eigenvalue weighted by molar-refractivity contribution is 7.07. The predicted octanol–water partition coefficient (Wildman–Crippen LogP) is 4.67. The smallest absolute Gasteiger partial charge is 0.262 e. The van der Waals surface area contributed by atoms with Crippen LogP contribution in [0.1, 0.15) is 5.56 Å². The van der Waals surface area contributed by atoms with E-state index in [1.807, 2.05) is 17.5 Å². The maximum atomic E-state index is 14.3. The molecule has 1 N–H and O–H groups in total. The molecule has 180 valence electrons. The lowest BCUT2D eigenvalue weighted by Gasteiger charge is -2.18. The molecule has 1 aromatic heterocycles. The summed E-state index contributed by atoms with van der Waals surface area (Å²) in [5.74, 6) is 0.0914. The second kappa shape index (κ2) is 8.93. The fourth-order valence-corrected chi connectivity index (χ4v) is 4.57. The lowest BCUT2D eigenvalue weighted by atomic mass is 10.1. The maximum absolute atomic E-state index is 14.3. The van der Waals surface area contributed by atoms with Crippen LogP contribution in [0.2, 0.25) is 0 Å². The molecule has 8 nitrogen and oxygen atoms in total. The van der Waals surface area contributed by atoms with Gasteiger partial charge in [-0.05, 0) is 54.1 Å². The molecule has 3 aromatic carbocycles. The number of benzene rings is 3. The Morgan fingerprint density at radius 3 is 2.72 bits per heavy atom. The number of carbonyl (C=O) groups is 1. The summed E-state index contributed by atoms with van der Waals surface area (Å²) < 4.78 is 45.5. The number of rotatable bonds is 4. The molecule has 0 unspecified atom stereocenters. The van der Waals surface area contributed by atoms with Gasteiger partial charge in [-0.2, -0.15) is 5.10 Å². The standard InChI is InChI=1S/C25H16F2N4O4S/c26-16-3-4-18(17(27)9-16)30-25-31(28-10-14-1-5-22-23(7-14)35-13-34-22)20(12-36-25)15-2-6-21-19(8-15)29-24(32)11-33-21/h1-10,12H,11,13H2,(H,29,32). The van der Waals surface area contributed by atoms with E-state index in [-0.39, 0.29) is 25.0 Å². The zero-order valence-electron chi connectivity index (χ0n) is 18.4. The number of nitrogens with zero attached hydrogens (tertiary/aromatic N) is 3. The quantitative estimate of drug-likeness (QED) is 0.408. The van der Waals surface area contributed by atoms with Crippen LogP contribution in [0.15, 0.2) is 70.1 Å². The Morgan fingerprint density at radius 2 is 1.83 bits per heavy atom. The third-order valence-corrected chi connectivity index (χ3v) is 6.25. The molecule has 0 radical (unpaired) electrons. The molecule has 2 aliphatic heterocycles. The average molecular weight is 506 g/mol. The summed E-state index contributed by atoms with van der Waals surface area (Å²) in [5, 5.41) is 9.20.